The van der Waals surface area contributed by atoms with Gasteiger partial charge >= 0.3 is 0 Å². The lowest BCUT2D eigenvalue weighted by Gasteiger charge is -2.13. The monoisotopic (exact) mass is 288 g/mol. The van der Waals surface area contributed by atoms with Gasteiger partial charge < -0.3 is 0 Å². The largest absolute Gasteiger partial charge is 0.204 e. The smallest absolute Gasteiger partial charge is 0.159 e. The molecule has 0 aliphatic carbocycles. The highest BCUT2D eigenvalue weighted by Gasteiger charge is 2.15. The third-order valence-corrected chi connectivity index (χ3v) is 3.82. The van der Waals surface area contributed by atoms with Crippen molar-refractivity contribution in [3.8, 4) is 0 Å². The molecule has 3 heteroatoms. The van der Waals surface area contributed by atoms with E-state index in [9.17, 15) is 8.78 Å². The molecule has 1 unspecified atom stereocenters. The van der Waals surface area contributed by atoms with E-state index in [0.717, 1.165) is 28.5 Å². The Hall–Kier alpha value is -1.93. The molecule has 0 nitrogen and oxygen atoms in total. The molecule has 0 bridgehead atoms. The summed E-state index contributed by atoms with van der Waals surface area (Å²) in [6.07, 6.45) is 0. The molecule has 0 radical (unpaired) electrons. The lowest BCUT2D eigenvalue weighted by molar-refractivity contribution is 0.507. The van der Waals surface area contributed by atoms with Crippen molar-refractivity contribution in [3.05, 3.63) is 83.4 Å². The lowest BCUT2D eigenvalue weighted by Crippen LogP contribution is -1.96. The predicted octanol–water partition coefficient (Wildman–Crippen LogP) is 5.45. The van der Waals surface area contributed by atoms with E-state index in [0.29, 0.717) is 5.56 Å². The normalized spacial score (nSPS) is 12.6. The van der Waals surface area contributed by atoms with E-state index in [1.54, 1.807) is 0 Å². The minimum Gasteiger partial charge on any atom is -0.204 e. The molecule has 0 aromatic heterocycles. The highest BCUT2D eigenvalue weighted by molar-refractivity contribution is 6.23. The summed E-state index contributed by atoms with van der Waals surface area (Å²) in [6, 6.07) is 17.4. The summed E-state index contributed by atoms with van der Waals surface area (Å²) in [5.41, 5.74) is 1.43. The van der Waals surface area contributed by atoms with Crippen LogP contribution >= 0.6 is 11.6 Å². The Morgan fingerprint density at radius 2 is 1.55 bits per heavy atom. The fraction of sp³-hybridized carbons (Fsp3) is 0.0588. The molecule has 0 heterocycles. The van der Waals surface area contributed by atoms with Crippen molar-refractivity contribution < 1.29 is 8.78 Å². The van der Waals surface area contributed by atoms with Crippen molar-refractivity contribution in [2.75, 3.05) is 0 Å². The van der Waals surface area contributed by atoms with Crippen molar-refractivity contribution in [1.82, 2.24) is 0 Å². The first-order chi connectivity index (χ1) is 9.66. The maximum atomic E-state index is 13.3. The third-order valence-electron chi connectivity index (χ3n) is 3.33. The van der Waals surface area contributed by atoms with Gasteiger partial charge in [0.1, 0.15) is 0 Å². The summed E-state index contributed by atoms with van der Waals surface area (Å²) >= 11 is 6.45. The van der Waals surface area contributed by atoms with Gasteiger partial charge in [-0.05, 0) is 34.0 Å². The van der Waals surface area contributed by atoms with Crippen LogP contribution in [0.5, 0.6) is 0 Å². The Balaban J connectivity index is 2.12. The number of rotatable bonds is 2. The van der Waals surface area contributed by atoms with E-state index in [4.69, 9.17) is 11.6 Å². The average Bonchev–Trinajstić information content (AvgIpc) is 2.49. The zero-order chi connectivity index (χ0) is 14.1. The fourth-order valence-electron chi connectivity index (χ4n) is 2.32. The Labute approximate surface area is 120 Å². The van der Waals surface area contributed by atoms with E-state index < -0.39 is 17.0 Å². The summed E-state index contributed by atoms with van der Waals surface area (Å²) in [6.45, 7) is 0. The van der Waals surface area contributed by atoms with Crippen LogP contribution in [0.15, 0.2) is 60.7 Å². The topological polar surface area (TPSA) is 0 Å². The second-order valence-corrected chi connectivity index (χ2v) is 5.04. The molecular weight excluding hydrogens is 278 g/mol. The quantitative estimate of drug-likeness (QED) is 0.550. The molecule has 0 saturated carbocycles. The molecule has 0 fully saturated rings. The minimum atomic E-state index is -0.881. The summed E-state index contributed by atoms with van der Waals surface area (Å²) in [4.78, 5) is 0. The van der Waals surface area contributed by atoms with Crippen molar-refractivity contribution in [2.45, 2.75) is 5.38 Å². The molecule has 0 N–H and O–H groups in total. The van der Waals surface area contributed by atoms with Gasteiger partial charge in [0.15, 0.2) is 11.6 Å². The van der Waals surface area contributed by atoms with Crippen LogP contribution in [0.3, 0.4) is 0 Å². The van der Waals surface area contributed by atoms with E-state index in [1.807, 2.05) is 42.5 Å². The summed E-state index contributed by atoms with van der Waals surface area (Å²) in [7, 11) is 0. The van der Waals surface area contributed by atoms with Crippen molar-refractivity contribution in [3.63, 3.8) is 0 Å². The van der Waals surface area contributed by atoms with E-state index in [2.05, 4.69) is 0 Å². The van der Waals surface area contributed by atoms with E-state index >= 15 is 0 Å². The molecule has 0 spiro atoms. The Kier molecular flexibility index (Phi) is 3.41. The fourth-order valence-corrected chi connectivity index (χ4v) is 2.65. The predicted molar refractivity (Wildman–Crippen MR) is 78.0 cm³/mol. The van der Waals surface area contributed by atoms with Gasteiger partial charge in [0, 0.05) is 0 Å². The maximum absolute atomic E-state index is 13.3. The zero-order valence-electron chi connectivity index (χ0n) is 10.5. The Bertz CT molecular complexity index is 763. The SMILES string of the molecule is Fc1ccc(C(Cl)c2cccc3ccccc23)cc1F. The van der Waals surface area contributed by atoms with E-state index in [-0.39, 0.29) is 0 Å². The maximum Gasteiger partial charge on any atom is 0.159 e. The van der Waals surface area contributed by atoms with Gasteiger partial charge in [-0.2, -0.15) is 0 Å². The summed E-state index contributed by atoms with van der Waals surface area (Å²) < 4.78 is 26.3. The van der Waals surface area contributed by atoms with E-state index in [1.165, 1.54) is 6.07 Å². The lowest BCUT2D eigenvalue weighted by atomic mass is 9.98. The molecule has 0 amide bonds. The molecule has 0 saturated heterocycles. The van der Waals surface area contributed by atoms with Crippen LogP contribution in [0.2, 0.25) is 0 Å². The van der Waals surface area contributed by atoms with Gasteiger partial charge in [-0.15, -0.1) is 11.6 Å². The molecule has 3 rings (SSSR count). The third kappa shape index (κ3) is 2.27. The number of hydrogen-bond acceptors (Lipinski definition) is 0. The van der Waals surface area contributed by atoms with Crippen LogP contribution in [-0.4, -0.2) is 0 Å². The second kappa shape index (κ2) is 5.22. The number of alkyl halides is 1. The molecular formula is C17H11ClF2. The van der Waals surface area contributed by atoms with Gasteiger partial charge in [0.2, 0.25) is 0 Å². The second-order valence-electron chi connectivity index (χ2n) is 4.60. The molecule has 20 heavy (non-hydrogen) atoms. The first-order valence-electron chi connectivity index (χ1n) is 6.23. The summed E-state index contributed by atoms with van der Waals surface area (Å²) in [5, 5.41) is 1.56. The standard InChI is InChI=1S/C17H11ClF2/c18-17(12-8-9-15(19)16(20)10-12)14-7-3-5-11-4-1-2-6-13(11)14/h1-10,17H. The van der Waals surface area contributed by atoms with Crippen molar-refractivity contribution >= 4 is 22.4 Å². The number of halogens is 3. The highest BCUT2D eigenvalue weighted by Crippen LogP contribution is 2.34. The van der Waals surface area contributed by atoms with Crippen LogP contribution in [0, 0.1) is 11.6 Å². The van der Waals surface area contributed by atoms with Crippen LogP contribution in [-0.2, 0) is 0 Å². The first-order valence-corrected chi connectivity index (χ1v) is 6.67. The number of benzene rings is 3. The Morgan fingerprint density at radius 1 is 0.800 bits per heavy atom. The Morgan fingerprint density at radius 3 is 2.35 bits per heavy atom. The van der Waals surface area contributed by atoms with Gasteiger partial charge in [-0.1, -0.05) is 48.5 Å². The molecule has 0 aliphatic heterocycles. The molecule has 1 atom stereocenters. The first kappa shape index (κ1) is 13.1. The highest BCUT2D eigenvalue weighted by atomic mass is 35.5. The van der Waals surface area contributed by atoms with Crippen LogP contribution in [0.25, 0.3) is 10.8 Å². The van der Waals surface area contributed by atoms with Gasteiger partial charge in [0.05, 0.1) is 5.38 Å². The van der Waals surface area contributed by atoms with Gasteiger partial charge in [-0.3, -0.25) is 0 Å². The molecule has 0 aliphatic rings. The minimum absolute atomic E-state index is 0.517. The van der Waals surface area contributed by atoms with Gasteiger partial charge in [-0.25, -0.2) is 8.78 Å². The van der Waals surface area contributed by atoms with Crippen LogP contribution in [0.4, 0.5) is 8.78 Å². The van der Waals surface area contributed by atoms with Crippen molar-refractivity contribution in [2.24, 2.45) is 0 Å². The average molecular weight is 289 g/mol. The molecule has 100 valence electrons. The number of hydrogen-bond donors (Lipinski definition) is 0. The molecule has 3 aromatic carbocycles. The number of fused-ring (bicyclic) bond motifs is 1. The van der Waals surface area contributed by atoms with Crippen LogP contribution in [0.1, 0.15) is 16.5 Å². The summed E-state index contributed by atoms with van der Waals surface area (Å²) in [5.74, 6) is -1.75. The van der Waals surface area contributed by atoms with Gasteiger partial charge in [0.25, 0.3) is 0 Å². The zero-order valence-corrected chi connectivity index (χ0v) is 11.2. The van der Waals surface area contributed by atoms with Crippen molar-refractivity contribution in [1.29, 1.82) is 0 Å². The molecule has 3 aromatic rings. The van der Waals surface area contributed by atoms with Crippen LogP contribution < -0.4 is 0 Å².